The Morgan fingerprint density at radius 3 is 2.74 bits per heavy atom. The molecule has 0 unspecified atom stereocenters. The van der Waals surface area contributed by atoms with E-state index >= 15 is 0 Å². The largest absolute Gasteiger partial charge is 0.374 e. The van der Waals surface area contributed by atoms with Gasteiger partial charge in [0.2, 0.25) is 10.0 Å². The van der Waals surface area contributed by atoms with Crippen molar-refractivity contribution >= 4 is 15.9 Å². The smallest absolute Gasteiger partial charge is 0.267 e. The first kappa shape index (κ1) is 15.5. The summed E-state index contributed by atoms with van der Waals surface area (Å²) in [5.41, 5.74) is -0.00196. The molecule has 108 valence electrons. The van der Waals surface area contributed by atoms with Crippen molar-refractivity contribution in [2.24, 2.45) is 5.14 Å². The van der Waals surface area contributed by atoms with Gasteiger partial charge in [0.1, 0.15) is 12.3 Å². The lowest BCUT2D eigenvalue weighted by atomic mass is 10.4. The Bertz CT molecular complexity index is 529. The number of sulfonamides is 1. The summed E-state index contributed by atoms with van der Waals surface area (Å²) in [6, 6.07) is 1.07. The van der Waals surface area contributed by atoms with Crippen molar-refractivity contribution in [3.63, 3.8) is 0 Å². The van der Waals surface area contributed by atoms with Crippen molar-refractivity contribution in [2.75, 3.05) is 19.8 Å². The van der Waals surface area contributed by atoms with Crippen LogP contribution in [0, 0.1) is 0 Å². The topological polar surface area (TPSA) is 114 Å². The summed E-state index contributed by atoms with van der Waals surface area (Å²) >= 11 is 0. The number of aromatic amines is 1. The molecule has 0 spiro atoms. The van der Waals surface area contributed by atoms with Crippen LogP contribution >= 0.6 is 0 Å². The van der Waals surface area contributed by atoms with Gasteiger partial charge in [-0.1, -0.05) is 0 Å². The highest BCUT2D eigenvalue weighted by Gasteiger charge is 2.14. The van der Waals surface area contributed by atoms with Crippen molar-refractivity contribution in [2.45, 2.75) is 11.3 Å². The number of amides is 1. The second-order valence-electron chi connectivity index (χ2n) is 3.52. The Morgan fingerprint density at radius 2 is 2.21 bits per heavy atom. The van der Waals surface area contributed by atoms with Gasteiger partial charge in [-0.2, -0.15) is 0 Å². The molecular formula is C9H13F2N3O4S. The Labute approximate surface area is 108 Å². The molecule has 0 radical (unpaired) electrons. The summed E-state index contributed by atoms with van der Waals surface area (Å²) in [5.74, 6) is -0.587. The zero-order valence-corrected chi connectivity index (χ0v) is 10.5. The van der Waals surface area contributed by atoms with E-state index in [9.17, 15) is 22.0 Å². The molecule has 1 heterocycles. The fourth-order valence-corrected chi connectivity index (χ4v) is 1.68. The third kappa shape index (κ3) is 5.32. The van der Waals surface area contributed by atoms with E-state index in [2.05, 4.69) is 15.0 Å². The second-order valence-corrected chi connectivity index (χ2v) is 5.08. The molecule has 0 saturated heterocycles. The number of hydrogen-bond donors (Lipinski definition) is 3. The molecular weight excluding hydrogens is 284 g/mol. The molecule has 1 rings (SSSR count). The lowest BCUT2D eigenvalue weighted by Crippen LogP contribution is -2.28. The van der Waals surface area contributed by atoms with Gasteiger partial charge in [0, 0.05) is 12.7 Å². The van der Waals surface area contributed by atoms with Crippen LogP contribution in [0.25, 0.3) is 0 Å². The van der Waals surface area contributed by atoms with Crippen LogP contribution in [0.4, 0.5) is 8.78 Å². The SMILES string of the molecule is NS(=O)(=O)c1c[nH]c(C(=O)NCCOCC(F)F)c1. The summed E-state index contributed by atoms with van der Waals surface area (Å²) in [6.45, 7) is -0.748. The van der Waals surface area contributed by atoms with Crippen molar-refractivity contribution in [1.29, 1.82) is 0 Å². The fraction of sp³-hybridized carbons (Fsp3) is 0.444. The van der Waals surface area contributed by atoms with Crippen LogP contribution < -0.4 is 10.5 Å². The average Bonchev–Trinajstić information content (AvgIpc) is 2.76. The Balaban J connectivity index is 2.40. The van der Waals surface area contributed by atoms with Crippen LogP contribution in [0.1, 0.15) is 10.5 Å². The first-order valence-corrected chi connectivity index (χ1v) is 6.70. The normalized spacial score (nSPS) is 11.8. The molecule has 0 saturated carbocycles. The van der Waals surface area contributed by atoms with Crippen molar-refractivity contribution in [3.8, 4) is 0 Å². The summed E-state index contributed by atoms with van der Waals surface area (Å²) in [4.78, 5) is 13.7. The third-order valence-corrected chi connectivity index (χ3v) is 2.90. The van der Waals surface area contributed by atoms with Gasteiger partial charge in [-0.05, 0) is 6.07 Å². The second kappa shape index (κ2) is 6.59. The molecule has 0 aromatic carbocycles. The molecule has 0 aliphatic carbocycles. The van der Waals surface area contributed by atoms with Crippen LogP contribution in [0.15, 0.2) is 17.2 Å². The molecule has 4 N–H and O–H groups in total. The number of hydrogen-bond acceptors (Lipinski definition) is 4. The van der Waals surface area contributed by atoms with Gasteiger partial charge >= 0.3 is 0 Å². The van der Waals surface area contributed by atoms with Crippen molar-refractivity contribution < 1.29 is 26.7 Å². The summed E-state index contributed by atoms with van der Waals surface area (Å²) in [7, 11) is -3.87. The highest BCUT2D eigenvalue weighted by molar-refractivity contribution is 7.89. The molecule has 0 aliphatic heterocycles. The van der Waals surface area contributed by atoms with E-state index in [1.54, 1.807) is 0 Å². The minimum atomic E-state index is -3.87. The highest BCUT2D eigenvalue weighted by atomic mass is 32.2. The van der Waals surface area contributed by atoms with Crippen molar-refractivity contribution in [1.82, 2.24) is 10.3 Å². The summed E-state index contributed by atoms with van der Waals surface area (Å²) in [6.07, 6.45) is -1.48. The van der Waals surface area contributed by atoms with E-state index in [4.69, 9.17) is 5.14 Å². The monoisotopic (exact) mass is 297 g/mol. The van der Waals surface area contributed by atoms with E-state index in [0.29, 0.717) is 0 Å². The molecule has 7 nitrogen and oxygen atoms in total. The van der Waals surface area contributed by atoms with Crippen LogP contribution in [-0.2, 0) is 14.8 Å². The predicted molar refractivity (Wildman–Crippen MR) is 61.3 cm³/mol. The molecule has 10 heteroatoms. The van der Waals surface area contributed by atoms with Crippen LogP contribution in [0.2, 0.25) is 0 Å². The summed E-state index contributed by atoms with van der Waals surface area (Å²) < 4.78 is 49.9. The third-order valence-electron chi connectivity index (χ3n) is 2.01. The number of aromatic nitrogens is 1. The molecule has 1 aromatic rings. The standard InChI is InChI=1S/C9H13F2N3O4S/c10-8(11)5-18-2-1-13-9(15)7-3-6(4-14-7)19(12,16)17/h3-4,8,14H,1-2,5H2,(H,13,15)(H2,12,16,17). The van der Waals surface area contributed by atoms with Crippen molar-refractivity contribution in [3.05, 3.63) is 18.0 Å². The number of nitrogens with one attached hydrogen (secondary N) is 2. The number of nitrogens with two attached hydrogens (primary N) is 1. The van der Waals surface area contributed by atoms with Gasteiger partial charge in [-0.3, -0.25) is 4.79 Å². The van der Waals surface area contributed by atoms with Crippen LogP contribution in [-0.4, -0.2) is 45.5 Å². The number of halogens is 2. The van der Waals surface area contributed by atoms with Crippen LogP contribution in [0.3, 0.4) is 0 Å². The maximum Gasteiger partial charge on any atom is 0.267 e. The number of carbonyl (C=O) groups excluding carboxylic acids is 1. The molecule has 0 fully saturated rings. The minimum absolute atomic E-state index is 0.00196. The fourth-order valence-electron chi connectivity index (χ4n) is 1.17. The number of ether oxygens (including phenoxy) is 1. The van der Waals surface area contributed by atoms with E-state index in [1.807, 2.05) is 0 Å². The van der Waals surface area contributed by atoms with Gasteiger partial charge in [0.25, 0.3) is 12.3 Å². The van der Waals surface area contributed by atoms with E-state index < -0.39 is 29.0 Å². The molecule has 19 heavy (non-hydrogen) atoms. The first-order chi connectivity index (χ1) is 8.80. The van der Waals surface area contributed by atoms with Gasteiger partial charge in [-0.15, -0.1) is 0 Å². The molecule has 1 amide bonds. The van der Waals surface area contributed by atoms with Gasteiger partial charge in [-0.25, -0.2) is 22.3 Å². The highest BCUT2D eigenvalue weighted by Crippen LogP contribution is 2.08. The number of H-pyrrole nitrogens is 1. The molecule has 0 aliphatic rings. The van der Waals surface area contributed by atoms with Crippen LogP contribution in [0.5, 0.6) is 0 Å². The van der Waals surface area contributed by atoms with Gasteiger partial charge in [0.05, 0.1) is 11.5 Å². The molecule has 0 atom stereocenters. The predicted octanol–water partition coefficient (Wildman–Crippen LogP) is -0.326. The Hall–Kier alpha value is -1.52. The summed E-state index contributed by atoms with van der Waals surface area (Å²) in [5, 5.41) is 7.23. The minimum Gasteiger partial charge on any atom is -0.374 e. The zero-order valence-electron chi connectivity index (χ0n) is 9.73. The van der Waals surface area contributed by atoms with E-state index in [-0.39, 0.29) is 23.7 Å². The number of alkyl halides is 2. The maximum absolute atomic E-state index is 11.7. The van der Waals surface area contributed by atoms with E-state index in [0.717, 1.165) is 12.3 Å². The Kier molecular flexibility index (Phi) is 5.39. The lowest BCUT2D eigenvalue weighted by molar-refractivity contribution is 0.0188. The molecule has 0 bridgehead atoms. The Morgan fingerprint density at radius 1 is 1.53 bits per heavy atom. The quantitative estimate of drug-likeness (QED) is 0.598. The lowest BCUT2D eigenvalue weighted by Gasteiger charge is -2.04. The first-order valence-electron chi connectivity index (χ1n) is 5.16. The van der Waals surface area contributed by atoms with Gasteiger partial charge < -0.3 is 15.0 Å². The number of carbonyl (C=O) groups is 1. The maximum atomic E-state index is 11.7. The van der Waals surface area contributed by atoms with Gasteiger partial charge in [0.15, 0.2) is 0 Å². The molecule has 1 aromatic heterocycles. The number of rotatable bonds is 7. The van der Waals surface area contributed by atoms with E-state index in [1.165, 1.54) is 0 Å². The number of primary sulfonamides is 1. The average molecular weight is 297 g/mol. The zero-order chi connectivity index (χ0) is 14.5.